The van der Waals surface area contributed by atoms with Crippen molar-refractivity contribution < 1.29 is 18.9 Å². The van der Waals surface area contributed by atoms with Gasteiger partial charge in [-0.05, 0) is 26.0 Å². The average molecular weight is 287 g/mol. The summed E-state index contributed by atoms with van der Waals surface area (Å²) in [7, 11) is 0. The molecule has 0 spiro atoms. The highest BCUT2D eigenvalue weighted by Crippen LogP contribution is 2.37. The van der Waals surface area contributed by atoms with Crippen LogP contribution in [0.5, 0.6) is 28.7 Å². The summed E-state index contributed by atoms with van der Waals surface area (Å²) in [5.41, 5.74) is 6.46. The molecule has 0 bridgehead atoms. The van der Waals surface area contributed by atoms with Crippen molar-refractivity contribution in [3.05, 3.63) is 36.4 Å². The minimum Gasteiger partial charge on any atom is -0.491 e. The molecule has 2 N–H and O–H groups in total. The molecule has 0 saturated carbocycles. The number of ether oxygens (including phenoxy) is 4. The van der Waals surface area contributed by atoms with Crippen LogP contribution in [0.2, 0.25) is 0 Å². The van der Waals surface area contributed by atoms with Crippen molar-refractivity contribution in [2.45, 2.75) is 20.0 Å². The van der Waals surface area contributed by atoms with Crippen LogP contribution in [-0.2, 0) is 0 Å². The first kappa shape index (κ1) is 13.4. The summed E-state index contributed by atoms with van der Waals surface area (Å²) >= 11 is 0. The van der Waals surface area contributed by atoms with E-state index in [2.05, 4.69) is 0 Å². The van der Waals surface area contributed by atoms with Crippen molar-refractivity contribution in [3.63, 3.8) is 0 Å². The summed E-state index contributed by atoms with van der Waals surface area (Å²) in [6.07, 6.45) is 0.0743. The molecule has 5 nitrogen and oxygen atoms in total. The second-order valence-electron chi connectivity index (χ2n) is 5.02. The first-order valence-corrected chi connectivity index (χ1v) is 6.75. The lowest BCUT2D eigenvalue weighted by Gasteiger charge is -2.13. The lowest BCUT2D eigenvalue weighted by atomic mass is 10.2. The summed E-state index contributed by atoms with van der Waals surface area (Å²) in [5.74, 6) is 3.35. The summed E-state index contributed by atoms with van der Waals surface area (Å²) in [4.78, 5) is 0. The van der Waals surface area contributed by atoms with Gasteiger partial charge in [-0.3, -0.25) is 0 Å². The lowest BCUT2D eigenvalue weighted by Crippen LogP contribution is -2.05. The minimum atomic E-state index is 0.0743. The minimum absolute atomic E-state index is 0.0743. The molecule has 0 amide bonds. The van der Waals surface area contributed by atoms with Crippen LogP contribution < -0.4 is 24.7 Å². The molecule has 1 heterocycles. The molecule has 1 aliphatic rings. The van der Waals surface area contributed by atoms with E-state index in [1.807, 2.05) is 26.0 Å². The Balaban J connectivity index is 1.82. The Labute approximate surface area is 123 Å². The summed E-state index contributed by atoms with van der Waals surface area (Å²) in [6, 6.07) is 10.7. The van der Waals surface area contributed by atoms with Crippen molar-refractivity contribution in [2.75, 3.05) is 12.5 Å². The van der Waals surface area contributed by atoms with Gasteiger partial charge in [-0.1, -0.05) is 0 Å². The van der Waals surface area contributed by atoms with Gasteiger partial charge in [0.1, 0.15) is 17.2 Å². The lowest BCUT2D eigenvalue weighted by molar-refractivity contribution is 0.174. The SMILES string of the molecule is CC(C)Oc1cc(N)cc(Oc2ccc3c(c2)OCO3)c1. The number of benzene rings is 2. The van der Waals surface area contributed by atoms with Gasteiger partial charge in [0.2, 0.25) is 6.79 Å². The van der Waals surface area contributed by atoms with Gasteiger partial charge in [0.15, 0.2) is 11.5 Å². The van der Waals surface area contributed by atoms with Gasteiger partial charge in [0.25, 0.3) is 0 Å². The second kappa shape index (κ2) is 5.44. The molecule has 0 aromatic heterocycles. The summed E-state index contributed by atoms with van der Waals surface area (Å²) < 4.78 is 22.0. The molecule has 21 heavy (non-hydrogen) atoms. The van der Waals surface area contributed by atoms with Crippen LogP contribution in [0.15, 0.2) is 36.4 Å². The number of nitrogens with two attached hydrogens (primary N) is 1. The van der Waals surface area contributed by atoms with E-state index >= 15 is 0 Å². The van der Waals surface area contributed by atoms with E-state index in [4.69, 9.17) is 24.7 Å². The third kappa shape index (κ3) is 3.13. The molecule has 0 unspecified atom stereocenters. The molecule has 0 radical (unpaired) electrons. The molecule has 2 aromatic carbocycles. The van der Waals surface area contributed by atoms with Crippen molar-refractivity contribution in [1.82, 2.24) is 0 Å². The Morgan fingerprint density at radius 1 is 0.952 bits per heavy atom. The molecule has 5 heteroatoms. The van der Waals surface area contributed by atoms with Crippen LogP contribution in [0.25, 0.3) is 0 Å². The van der Waals surface area contributed by atoms with Crippen molar-refractivity contribution >= 4 is 5.69 Å². The molecule has 1 aliphatic heterocycles. The standard InChI is InChI=1S/C16H17NO4/c1-10(2)20-13-5-11(17)6-14(7-13)21-12-3-4-15-16(8-12)19-9-18-15/h3-8,10H,9,17H2,1-2H3. The van der Waals surface area contributed by atoms with E-state index in [9.17, 15) is 0 Å². The number of rotatable bonds is 4. The van der Waals surface area contributed by atoms with E-state index in [1.165, 1.54) is 0 Å². The Kier molecular flexibility index (Phi) is 3.48. The van der Waals surface area contributed by atoms with Crippen LogP contribution in [0.1, 0.15) is 13.8 Å². The maximum absolute atomic E-state index is 5.87. The second-order valence-corrected chi connectivity index (χ2v) is 5.02. The van der Waals surface area contributed by atoms with Crippen molar-refractivity contribution in [1.29, 1.82) is 0 Å². The van der Waals surface area contributed by atoms with Gasteiger partial charge in [0.05, 0.1) is 6.10 Å². The van der Waals surface area contributed by atoms with Gasteiger partial charge in [-0.2, -0.15) is 0 Å². The molecule has 0 aliphatic carbocycles. The van der Waals surface area contributed by atoms with Gasteiger partial charge in [-0.15, -0.1) is 0 Å². The fourth-order valence-electron chi connectivity index (χ4n) is 2.07. The smallest absolute Gasteiger partial charge is 0.231 e. The number of fused-ring (bicyclic) bond motifs is 1. The molecular weight excluding hydrogens is 270 g/mol. The van der Waals surface area contributed by atoms with Crippen LogP contribution >= 0.6 is 0 Å². The highest BCUT2D eigenvalue weighted by atomic mass is 16.7. The zero-order valence-corrected chi connectivity index (χ0v) is 12.0. The van der Waals surface area contributed by atoms with Crippen LogP contribution in [0.3, 0.4) is 0 Å². The molecular formula is C16H17NO4. The number of hydrogen-bond acceptors (Lipinski definition) is 5. The Morgan fingerprint density at radius 2 is 1.71 bits per heavy atom. The monoisotopic (exact) mass is 287 g/mol. The van der Waals surface area contributed by atoms with Gasteiger partial charge >= 0.3 is 0 Å². The molecule has 3 rings (SSSR count). The van der Waals surface area contributed by atoms with Crippen molar-refractivity contribution in [3.8, 4) is 28.7 Å². The average Bonchev–Trinajstić information content (AvgIpc) is 2.84. The quantitative estimate of drug-likeness (QED) is 0.871. The Morgan fingerprint density at radius 3 is 2.52 bits per heavy atom. The predicted molar refractivity (Wildman–Crippen MR) is 79.3 cm³/mol. The first-order chi connectivity index (χ1) is 10.1. The molecule has 0 saturated heterocycles. The third-order valence-electron chi connectivity index (χ3n) is 2.85. The molecule has 2 aromatic rings. The van der Waals surface area contributed by atoms with Gasteiger partial charge in [-0.25, -0.2) is 0 Å². The maximum Gasteiger partial charge on any atom is 0.231 e. The molecule has 0 atom stereocenters. The first-order valence-electron chi connectivity index (χ1n) is 6.75. The van der Waals surface area contributed by atoms with Gasteiger partial charge < -0.3 is 24.7 Å². The summed E-state index contributed by atoms with van der Waals surface area (Å²) in [6.45, 7) is 4.16. The zero-order chi connectivity index (χ0) is 14.8. The number of anilines is 1. The molecule has 0 fully saturated rings. The van der Waals surface area contributed by atoms with Crippen molar-refractivity contribution in [2.24, 2.45) is 0 Å². The fourth-order valence-corrected chi connectivity index (χ4v) is 2.07. The van der Waals surface area contributed by atoms with Crippen LogP contribution in [0.4, 0.5) is 5.69 Å². The Bertz CT molecular complexity index is 655. The fraction of sp³-hybridized carbons (Fsp3) is 0.250. The van der Waals surface area contributed by atoms with Gasteiger partial charge in [0, 0.05) is 30.0 Å². The number of hydrogen-bond donors (Lipinski definition) is 1. The van der Waals surface area contributed by atoms with Crippen LogP contribution in [0, 0.1) is 0 Å². The zero-order valence-electron chi connectivity index (χ0n) is 12.0. The van der Waals surface area contributed by atoms with E-state index < -0.39 is 0 Å². The topological polar surface area (TPSA) is 62.9 Å². The van der Waals surface area contributed by atoms with Crippen LogP contribution in [-0.4, -0.2) is 12.9 Å². The largest absolute Gasteiger partial charge is 0.491 e. The highest BCUT2D eigenvalue weighted by molar-refractivity contribution is 5.53. The normalized spacial score (nSPS) is 12.5. The Hall–Kier alpha value is -2.56. The molecule has 110 valence electrons. The van der Waals surface area contributed by atoms with E-state index in [0.717, 1.165) is 5.75 Å². The van der Waals surface area contributed by atoms with E-state index in [1.54, 1.807) is 24.3 Å². The van der Waals surface area contributed by atoms with E-state index in [0.29, 0.717) is 28.7 Å². The summed E-state index contributed by atoms with van der Waals surface area (Å²) in [5, 5.41) is 0. The number of nitrogen functional groups attached to an aromatic ring is 1. The highest BCUT2D eigenvalue weighted by Gasteiger charge is 2.14. The third-order valence-corrected chi connectivity index (χ3v) is 2.85. The van der Waals surface area contributed by atoms with E-state index in [-0.39, 0.29) is 12.9 Å². The predicted octanol–water partition coefficient (Wildman–Crippen LogP) is 3.58. The maximum atomic E-state index is 5.87.